The first kappa shape index (κ1) is 14.3. The second-order valence-corrected chi connectivity index (χ2v) is 4.32. The van der Waals surface area contributed by atoms with Crippen LogP contribution in [0.5, 0.6) is 0 Å². The van der Waals surface area contributed by atoms with Crippen molar-refractivity contribution in [2.75, 3.05) is 13.6 Å². The van der Waals surface area contributed by atoms with E-state index in [2.05, 4.69) is 30.8 Å². The number of rotatable bonds is 4. The first-order valence-electron chi connectivity index (χ1n) is 6.22. The van der Waals surface area contributed by atoms with Crippen molar-refractivity contribution in [1.82, 2.24) is 14.7 Å². The van der Waals surface area contributed by atoms with Gasteiger partial charge >= 0.3 is 0 Å². The van der Waals surface area contributed by atoms with Crippen LogP contribution < -0.4 is 0 Å². The molecule has 0 aromatic carbocycles. The first-order valence-corrected chi connectivity index (χ1v) is 6.22. The molecule has 0 radical (unpaired) electrons. The van der Waals surface area contributed by atoms with Crippen molar-refractivity contribution in [1.29, 1.82) is 0 Å². The molecule has 0 N–H and O–H groups in total. The van der Waals surface area contributed by atoms with E-state index in [0.717, 1.165) is 18.7 Å². The highest BCUT2D eigenvalue weighted by Crippen LogP contribution is 2.13. The second kappa shape index (κ2) is 6.25. The fourth-order valence-electron chi connectivity index (χ4n) is 1.99. The third-order valence-corrected chi connectivity index (χ3v) is 3.11. The molecular weight excluding hydrogens is 226 g/mol. The van der Waals surface area contributed by atoms with E-state index in [1.54, 1.807) is 18.9 Å². The summed E-state index contributed by atoms with van der Waals surface area (Å²) in [5, 5.41) is 4.47. The van der Waals surface area contributed by atoms with Gasteiger partial charge in [-0.1, -0.05) is 5.92 Å². The predicted octanol–water partition coefficient (Wildman–Crippen LogP) is 1.54. The molecule has 0 bridgehead atoms. The highest BCUT2D eigenvalue weighted by atomic mass is 16.2. The summed E-state index contributed by atoms with van der Waals surface area (Å²) in [6.07, 6.45) is 0.825. The summed E-state index contributed by atoms with van der Waals surface area (Å²) < 4.78 is 2.00. The number of carbonyl (C=O) groups excluding carboxylic acids is 1. The second-order valence-electron chi connectivity index (χ2n) is 4.32. The van der Waals surface area contributed by atoms with Crippen LogP contribution in [0.15, 0.2) is 0 Å². The van der Waals surface area contributed by atoms with Crippen molar-refractivity contribution in [3.8, 4) is 11.8 Å². The lowest BCUT2D eigenvalue weighted by molar-refractivity contribution is -0.123. The maximum atomic E-state index is 11.5. The number of amides is 1. The van der Waals surface area contributed by atoms with Gasteiger partial charge in [-0.05, 0) is 45.6 Å². The van der Waals surface area contributed by atoms with E-state index >= 15 is 0 Å². The summed E-state index contributed by atoms with van der Waals surface area (Å²) in [7, 11) is 1.78. The zero-order valence-corrected chi connectivity index (χ0v) is 11.9. The molecule has 1 aromatic heterocycles. The van der Waals surface area contributed by atoms with Crippen molar-refractivity contribution in [2.24, 2.45) is 0 Å². The molecule has 0 spiro atoms. The van der Waals surface area contributed by atoms with E-state index < -0.39 is 0 Å². The number of aromatic nitrogens is 2. The van der Waals surface area contributed by atoms with Crippen molar-refractivity contribution < 1.29 is 4.79 Å². The van der Waals surface area contributed by atoms with Crippen LogP contribution in [0.3, 0.4) is 0 Å². The molecular formula is C14H21N3O. The van der Waals surface area contributed by atoms with Crippen LogP contribution in [-0.4, -0.2) is 34.2 Å². The smallest absolute Gasteiger partial charge is 0.298 e. The van der Waals surface area contributed by atoms with Crippen LogP contribution in [0.2, 0.25) is 0 Å². The molecule has 0 saturated carbocycles. The molecule has 98 valence electrons. The first-order chi connectivity index (χ1) is 8.51. The Morgan fingerprint density at radius 2 is 2.11 bits per heavy atom. The summed E-state index contributed by atoms with van der Waals surface area (Å²) in [6, 6.07) is 0. The number of nitrogens with zero attached hydrogens (tertiary/aromatic N) is 3. The molecule has 1 amide bonds. The molecule has 4 nitrogen and oxygen atoms in total. The number of carbonyl (C=O) groups is 1. The van der Waals surface area contributed by atoms with Crippen LogP contribution in [0.4, 0.5) is 0 Å². The number of likely N-dealkylation sites (N-methyl/N-ethyl adjacent to an activating group) is 1. The Morgan fingerprint density at radius 1 is 1.44 bits per heavy atom. The van der Waals surface area contributed by atoms with E-state index in [1.807, 2.05) is 11.6 Å². The third-order valence-electron chi connectivity index (χ3n) is 3.11. The lowest BCUT2D eigenvalue weighted by Crippen LogP contribution is -2.27. The Hall–Kier alpha value is -1.76. The van der Waals surface area contributed by atoms with Gasteiger partial charge in [0.15, 0.2) is 0 Å². The Balaban J connectivity index is 2.71. The Labute approximate surface area is 109 Å². The van der Waals surface area contributed by atoms with E-state index in [-0.39, 0.29) is 5.91 Å². The van der Waals surface area contributed by atoms with E-state index in [1.165, 1.54) is 11.3 Å². The van der Waals surface area contributed by atoms with Gasteiger partial charge < -0.3 is 4.90 Å². The van der Waals surface area contributed by atoms with Gasteiger partial charge in [0, 0.05) is 25.8 Å². The maximum Gasteiger partial charge on any atom is 0.298 e. The van der Waals surface area contributed by atoms with Crippen molar-refractivity contribution in [2.45, 2.75) is 40.7 Å². The van der Waals surface area contributed by atoms with Gasteiger partial charge in [-0.2, -0.15) is 5.10 Å². The molecule has 0 unspecified atom stereocenters. The summed E-state index contributed by atoms with van der Waals surface area (Å²) in [4.78, 5) is 13.2. The number of hydrogen-bond donors (Lipinski definition) is 0. The number of aryl methyl sites for hydroxylation is 2. The minimum Gasteiger partial charge on any atom is -0.335 e. The van der Waals surface area contributed by atoms with E-state index in [4.69, 9.17) is 0 Å². The normalized spacial score (nSPS) is 9.83. The predicted molar refractivity (Wildman–Crippen MR) is 72.2 cm³/mol. The largest absolute Gasteiger partial charge is 0.335 e. The molecule has 0 atom stereocenters. The fourth-order valence-corrected chi connectivity index (χ4v) is 1.99. The maximum absolute atomic E-state index is 11.5. The SMILES string of the molecule is CC#CC(=O)N(C)CCc1c(C)nn(CC)c1C. The monoisotopic (exact) mass is 247 g/mol. The molecule has 1 rings (SSSR count). The van der Waals surface area contributed by atoms with Gasteiger partial charge in [0.2, 0.25) is 0 Å². The lowest BCUT2D eigenvalue weighted by atomic mass is 10.1. The topological polar surface area (TPSA) is 38.1 Å². The average Bonchev–Trinajstić information content (AvgIpc) is 2.62. The summed E-state index contributed by atoms with van der Waals surface area (Å²) in [6.45, 7) is 9.39. The molecule has 18 heavy (non-hydrogen) atoms. The van der Waals surface area contributed by atoms with Gasteiger partial charge in [-0.15, -0.1) is 0 Å². The minimum atomic E-state index is -0.129. The third kappa shape index (κ3) is 3.13. The van der Waals surface area contributed by atoms with Crippen LogP contribution in [0.1, 0.15) is 30.8 Å². The zero-order chi connectivity index (χ0) is 13.7. The Bertz CT molecular complexity index is 491. The highest BCUT2D eigenvalue weighted by Gasteiger charge is 2.12. The van der Waals surface area contributed by atoms with Crippen LogP contribution in [-0.2, 0) is 17.8 Å². The molecule has 0 aliphatic heterocycles. The molecule has 1 aromatic rings. The zero-order valence-electron chi connectivity index (χ0n) is 11.9. The summed E-state index contributed by atoms with van der Waals surface area (Å²) in [5.74, 6) is 5.04. The van der Waals surface area contributed by atoms with Crippen molar-refractivity contribution in [3.63, 3.8) is 0 Å². The molecule has 0 aliphatic rings. The van der Waals surface area contributed by atoms with Gasteiger partial charge in [-0.25, -0.2) is 0 Å². The van der Waals surface area contributed by atoms with Gasteiger partial charge in [0.05, 0.1) is 5.69 Å². The van der Waals surface area contributed by atoms with Gasteiger partial charge in [-0.3, -0.25) is 9.48 Å². The summed E-state index contributed by atoms with van der Waals surface area (Å²) in [5.41, 5.74) is 3.48. The van der Waals surface area contributed by atoms with E-state index in [0.29, 0.717) is 6.54 Å². The van der Waals surface area contributed by atoms with Crippen LogP contribution in [0, 0.1) is 25.7 Å². The van der Waals surface area contributed by atoms with Crippen molar-refractivity contribution in [3.05, 3.63) is 17.0 Å². The quantitative estimate of drug-likeness (QED) is 0.757. The average molecular weight is 247 g/mol. The molecule has 0 aliphatic carbocycles. The molecule has 1 heterocycles. The lowest BCUT2D eigenvalue weighted by Gasteiger charge is -2.13. The Morgan fingerprint density at radius 3 is 2.61 bits per heavy atom. The van der Waals surface area contributed by atoms with Gasteiger partial charge in [0.25, 0.3) is 5.91 Å². The Kier molecular flexibility index (Phi) is 4.96. The number of hydrogen-bond acceptors (Lipinski definition) is 2. The summed E-state index contributed by atoms with van der Waals surface area (Å²) >= 11 is 0. The van der Waals surface area contributed by atoms with Crippen LogP contribution >= 0.6 is 0 Å². The van der Waals surface area contributed by atoms with E-state index in [9.17, 15) is 4.79 Å². The molecule has 0 saturated heterocycles. The van der Waals surface area contributed by atoms with Crippen LogP contribution in [0.25, 0.3) is 0 Å². The molecule has 4 heteroatoms. The van der Waals surface area contributed by atoms with Crippen molar-refractivity contribution >= 4 is 5.91 Å². The highest BCUT2D eigenvalue weighted by molar-refractivity contribution is 5.93. The fraction of sp³-hybridized carbons (Fsp3) is 0.571. The minimum absolute atomic E-state index is 0.129. The van der Waals surface area contributed by atoms with Gasteiger partial charge in [0.1, 0.15) is 0 Å². The molecule has 0 fully saturated rings. The standard InChI is InChI=1S/C14H21N3O/c1-6-8-14(18)16(5)10-9-13-11(3)15-17(7-2)12(13)4/h7,9-10H2,1-5H3.